The first kappa shape index (κ1) is 17.5. The summed E-state index contributed by atoms with van der Waals surface area (Å²) in [5.41, 5.74) is 6.72. The second kappa shape index (κ2) is 8.67. The molecule has 6 nitrogen and oxygen atoms in total. The highest BCUT2D eigenvalue weighted by Gasteiger charge is 2.08. The fraction of sp³-hybridized carbons (Fsp3) is 0.278. The van der Waals surface area contributed by atoms with E-state index in [1.165, 1.54) is 0 Å². The van der Waals surface area contributed by atoms with Gasteiger partial charge in [-0.3, -0.25) is 4.79 Å². The zero-order valence-electron chi connectivity index (χ0n) is 13.9. The number of hydrogen-bond donors (Lipinski definition) is 2. The predicted octanol–water partition coefficient (Wildman–Crippen LogP) is 2.48. The molecule has 2 rings (SSSR count). The van der Waals surface area contributed by atoms with E-state index in [9.17, 15) is 4.79 Å². The van der Waals surface area contributed by atoms with Gasteiger partial charge in [0, 0.05) is 30.4 Å². The van der Waals surface area contributed by atoms with Crippen LogP contribution in [0.25, 0.3) is 0 Å². The molecule has 128 valence electrons. The number of hydrogen-bond acceptors (Lipinski definition) is 5. The van der Waals surface area contributed by atoms with Gasteiger partial charge in [0.25, 0.3) is 5.91 Å². The highest BCUT2D eigenvalue weighted by atomic mass is 16.5. The van der Waals surface area contributed by atoms with Gasteiger partial charge < -0.3 is 25.3 Å². The Morgan fingerprint density at radius 3 is 2.29 bits per heavy atom. The third kappa shape index (κ3) is 4.81. The van der Waals surface area contributed by atoms with Crippen molar-refractivity contribution in [2.24, 2.45) is 0 Å². The van der Waals surface area contributed by atoms with Crippen LogP contribution in [-0.4, -0.2) is 33.3 Å². The van der Waals surface area contributed by atoms with Gasteiger partial charge in [0.05, 0.1) is 26.4 Å². The van der Waals surface area contributed by atoms with Gasteiger partial charge in [-0.1, -0.05) is 12.1 Å². The molecule has 1 amide bonds. The molecule has 0 atom stereocenters. The zero-order valence-corrected chi connectivity index (χ0v) is 13.9. The summed E-state index contributed by atoms with van der Waals surface area (Å²) in [4.78, 5) is 12.0. The number of methoxy groups -OCH3 is 2. The summed E-state index contributed by atoms with van der Waals surface area (Å²) in [6, 6.07) is 12.3. The number of amides is 1. The normalized spacial score (nSPS) is 10.1. The van der Waals surface area contributed by atoms with Crippen LogP contribution < -0.4 is 25.3 Å². The van der Waals surface area contributed by atoms with E-state index in [0.29, 0.717) is 48.1 Å². The molecule has 2 aromatic rings. The first-order valence-corrected chi connectivity index (χ1v) is 7.62. The Bertz CT molecular complexity index is 666. The second-order valence-corrected chi connectivity index (χ2v) is 5.09. The molecule has 24 heavy (non-hydrogen) atoms. The van der Waals surface area contributed by atoms with Crippen molar-refractivity contribution in [2.45, 2.75) is 6.42 Å². The highest BCUT2D eigenvalue weighted by Crippen LogP contribution is 2.27. The van der Waals surface area contributed by atoms with E-state index in [4.69, 9.17) is 19.9 Å². The lowest BCUT2D eigenvalue weighted by Crippen LogP contribution is -2.26. The molecule has 0 aliphatic rings. The topological polar surface area (TPSA) is 82.8 Å². The van der Waals surface area contributed by atoms with Crippen LogP contribution in [0, 0.1) is 0 Å². The van der Waals surface area contributed by atoms with E-state index in [2.05, 4.69) is 5.32 Å². The third-order valence-electron chi connectivity index (χ3n) is 3.41. The number of para-hydroxylation sites is 1. The van der Waals surface area contributed by atoms with Crippen LogP contribution in [0.5, 0.6) is 17.2 Å². The van der Waals surface area contributed by atoms with Crippen LogP contribution in [0.3, 0.4) is 0 Å². The number of benzene rings is 2. The lowest BCUT2D eigenvalue weighted by molar-refractivity contribution is 0.0952. The molecule has 2 aromatic carbocycles. The van der Waals surface area contributed by atoms with E-state index in [1.807, 2.05) is 0 Å². The monoisotopic (exact) mass is 330 g/mol. The summed E-state index contributed by atoms with van der Waals surface area (Å²) in [6.45, 7) is 0.954. The Kier molecular flexibility index (Phi) is 6.31. The largest absolute Gasteiger partial charge is 0.496 e. The van der Waals surface area contributed by atoms with Crippen molar-refractivity contribution in [1.29, 1.82) is 0 Å². The number of nitrogens with two attached hydrogens (primary N) is 1. The molecule has 0 saturated heterocycles. The number of ether oxygens (including phenoxy) is 3. The van der Waals surface area contributed by atoms with Gasteiger partial charge in [-0.15, -0.1) is 0 Å². The fourth-order valence-electron chi connectivity index (χ4n) is 2.13. The molecule has 0 fully saturated rings. The Morgan fingerprint density at radius 2 is 1.67 bits per heavy atom. The van der Waals surface area contributed by atoms with Gasteiger partial charge in [-0.2, -0.15) is 0 Å². The first-order valence-electron chi connectivity index (χ1n) is 7.62. The minimum absolute atomic E-state index is 0.184. The number of rotatable bonds is 8. The molecule has 0 aromatic heterocycles. The minimum Gasteiger partial charge on any atom is -0.496 e. The van der Waals surface area contributed by atoms with Crippen LogP contribution >= 0.6 is 0 Å². The Balaban J connectivity index is 1.77. The van der Waals surface area contributed by atoms with Gasteiger partial charge in [-0.05, 0) is 18.6 Å². The number of anilines is 1. The SMILES string of the molecule is COc1cc(OC)cc(OCCCNC(=O)c2ccccc2N)c1. The molecule has 0 radical (unpaired) electrons. The van der Waals surface area contributed by atoms with Gasteiger partial charge in [0.2, 0.25) is 0 Å². The van der Waals surface area contributed by atoms with E-state index >= 15 is 0 Å². The molecule has 0 aliphatic heterocycles. The standard InChI is InChI=1S/C18H22N2O4/c1-22-13-10-14(23-2)12-15(11-13)24-9-5-8-20-18(21)16-6-3-4-7-17(16)19/h3-4,6-7,10-12H,5,8-9,19H2,1-2H3,(H,20,21). The second-order valence-electron chi connectivity index (χ2n) is 5.09. The quantitative estimate of drug-likeness (QED) is 0.574. The van der Waals surface area contributed by atoms with E-state index in [-0.39, 0.29) is 5.91 Å². The van der Waals surface area contributed by atoms with Crippen molar-refractivity contribution >= 4 is 11.6 Å². The lowest BCUT2D eigenvalue weighted by Gasteiger charge is -2.11. The molecule has 0 unspecified atom stereocenters. The molecule has 0 aliphatic carbocycles. The highest BCUT2D eigenvalue weighted by molar-refractivity contribution is 5.98. The maximum Gasteiger partial charge on any atom is 0.253 e. The number of carbonyl (C=O) groups excluding carboxylic acids is 1. The number of nitrogen functional groups attached to an aromatic ring is 1. The molecule has 3 N–H and O–H groups in total. The molecule has 0 heterocycles. The Hall–Kier alpha value is -2.89. The fourth-order valence-corrected chi connectivity index (χ4v) is 2.13. The Labute approximate surface area is 141 Å². The molecular weight excluding hydrogens is 308 g/mol. The van der Waals surface area contributed by atoms with Crippen LogP contribution in [0.15, 0.2) is 42.5 Å². The maximum absolute atomic E-state index is 12.0. The van der Waals surface area contributed by atoms with E-state index in [1.54, 1.807) is 56.7 Å². The van der Waals surface area contributed by atoms with Crippen molar-refractivity contribution in [3.8, 4) is 17.2 Å². The Morgan fingerprint density at radius 1 is 1.04 bits per heavy atom. The van der Waals surface area contributed by atoms with Gasteiger partial charge in [0.15, 0.2) is 0 Å². The van der Waals surface area contributed by atoms with Crippen molar-refractivity contribution in [3.63, 3.8) is 0 Å². The van der Waals surface area contributed by atoms with E-state index in [0.717, 1.165) is 0 Å². The summed E-state index contributed by atoms with van der Waals surface area (Å²) < 4.78 is 16.0. The molecule has 0 spiro atoms. The van der Waals surface area contributed by atoms with Gasteiger partial charge in [-0.25, -0.2) is 0 Å². The zero-order chi connectivity index (χ0) is 17.4. The van der Waals surface area contributed by atoms with Gasteiger partial charge in [0.1, 0.15) is 17.2 Å². The first-order chi connectivity index (χ1) is 11.6. The summed E-state index contributed by atoms with van der Waals surface area (Å²) in [5.74, 6) is 1.80. The minimum atomic E-state index is -0.184. The third-order valence-corrected chi connectivity index (χ3v) is 3.41. The summed E-state index contributed by atoms with van der Waals surface area (Å²) >= 11 is 0. The van der Waals surface area contributed by atoms with Crippen molar-refractivity contribution in [3.05, 3.63) is 48.0 Å². The van der Waals surface area contributed by atoms with Crippen LogP contribution in [0.1, 0.15) is 16.8 Å². The smallest absolute Gasteiger partial charge is 0.253 e. The average Bonchev–Trinajstić information content (AvgIpc) is 2.61. The van der Waals surface area contributed by atoms with Crippen molar-refractivity contribution < 1.29 is 19.0 Å². The van der Waals surface area contributed by atoms with Crippen molar-refractivity contribution in [2.75, 3.05) is 33.1 Å². The average molecular weight is 330 g/mol. The molecule has 0 saturated carbocycles. The lowest BCUT2D eigenvalue weighted by atomic mass is 10.1. The predicted molar refractivity (Wildman–Crippen MR) is 92.8 cm³/mol. The number of carbonyl (C=O) groups is 1. The van der Waals surface area contributed by atoms with Crippen LogP contribution in [0.4, 0.5) is 5.69 Å². The summed E-state index contributed by atoms with van der Waals surface area (Å²) in [7, 11) is 3.17. The maximum atomic E-state index is 12.0. The summed E-state index contributed by atoms with van der Waals surface area (Å²) in [5, 5.41) is 2.82. The molecule has 6 heteroatoms. The molecule has 0 bridgehead atoms. The van der Waals surface area contributed by atoms with Crippen molar-refractivity contribution in [1.82, 2.24) is 5.32 Å². The molecular formula is C18H22N2O4. The van der Waals surface area contributed by atoms with Gasteiger partial charge >= 0.3 is 0 Å². The van der Waals surface area contributed by atoms with Crippen LogP contribution in [0.2, 0.25) is 0 Å². The van der Waals surface area contributed by atoms with E-state index < -0.39 is 0 Å². The summed E-state index contributed by atoms with van der Waals surface area (Å²) in [6.07, 6.45) is 0.665. The van der Waals surface area contributed by atoms with Crippen LogP contribution in [-0.2, 0) is 0 Å². The number of nitrogens with one attached hydrogen (secondary N) is 1.